The third-order valence-electron chi connectivity index (χ3n) is 4.15. The summed E-state index contributed by atoms with van der Waals surface area (Å²) < 4.78 is 0. The van der Waals surface area contributed by atoms with E-state index in [1.54, 1.807) is 0 Å². The lowest BCUT2D eigenvalue weighted by atomic mass is 10.0. The number of piperidine rings is 1. The summed E-state index contributed by atoms with van der Waals surface area (Å²) >= 11 is 0. The summed E-state index contributed by atoms with van der Waals surface area (Å²) in [7, 11) is 0. The van der Waals surface area contributed by atoms with Crippen molar-refractivity contribution in [2.24, 2.45) is 0 Å². The van der Waals surface area contributed by atoms with E-state index in [9.17, 15) is 4.79 Å². The quantitative estimate of drug-likeness (QED) is 0.812. The molecular formula is C16H24N2O. The van der Waals surface area contributed by atoms with Gasteiger partial charge in [-0.15, -0.1) is 0 Å². The van der Waals surface area contributed by atoms with E-state index in [1.807, 2.05) is 11.8 Å². The van der Waals surface area contributed by atoms with Crippen molar-refractivity contribution in [3.05, 3.63) is 28.8 Å². The normalized spacial score (nSPS) is 19.4. The number of aryl methyl sites for hydroxylation is 3. The number of benzene rings is 1. The smallest absolute Gasteiger partial charge is 0.322 e. The molecular weight excluding hydrogens is 236 g/mol. The van der Waals surface area contributed by atoms with E-state index < -0.39 is 0 Å². The van der Waals surface area contributed by atoms with Gasteiger partial charge in [-0.2, -0.15) is 0 Å². The van der Waals surface area contributed by atoms with Crippen LogP contribution in [0.3, 0.4) is 0 Å². The van der Waals surface area contributed by atoms with Gasteiger partial charge in [-0.1, -0.05) is 6.07 Å². The zero-order chi connectivity index (χ0) is 14.0. The minimum Gasteiger partial charge on any atom is -0.322 e. The van der Waals surface area contributed by atoms with Crippen LogP contribution in [0.1, 0.15) is 42.9 Å². The molecule has 1 heterocycles. The standard InChI is InChI=1S/C16H24N2O/c1-11-9-13(3)15(10-12(11)2)17-16(19)18-8-6-5-7-14(18)4/h9-10,14H,5-8H2,1-4H3,(H,17,19). The number of likely N-dealkylation sites (tertiary alicyclic amines) is 1. The summed E-state index contributed by atoms with van der Waals surface area (Å²) in [4.78, 5) is 14.3. The van der Waals surface area contributed by atoms with Crippen LogP contribution in [0, 0.1) is 20.8 Å². The third-order valence-corrected chi connectivity index (χ3v) is 4.15. The van der Waals surface area contributed by atoms with Crippen molar-refractivity contribution >= 4 is 11.7 Å². The molecule has 1 saturated heterocycles. The fraction of sp³-hybridized carbons (Fsp3) is 0.562. The molecule has 3 heteroatoms. The Morgan fingerprint density at radius 1 is 1.16 bits per heavy atom. The lowest BCUT2D eigenvalue weighted by Crippen LogP contribution is -2.44. The summed E-state index contributed by atoms with van der Waals surface area (Å²) in [6, 6.07) is 4.58. The first-order valence-electron chi connectivity index (χ1n) is 7.14. The highest BCUT2D eigenvalue weighted by molar-refractivity contribution is 5.90. The molecule has 0 aliphatic carbocycles. The van der Waals surface area contributed by atoms with Crippen LogP contribution in [-0.4, -0.2) is 23.5 Å². The summed E-state index contributed by atoms with van der Waals surface area (Å²) in [6.07, 6.45) is 3.45. The van der Waals surface area contributed by atoms with E-state index in [4.69, 9.17) is 0 Å². The van der Waals surface area contributed by atoms with Crippen molar-refractivity contribution in [2.75, 3.05) is 11.9 Å². The van der Waals surface area contributed by atoms with Crippen molar-refractivity contribution in [3.63, 3.8) is 0 Å². The zero-order valence-corrected chi connectivity index (χ0v) is 12.4. The van der Waals surface area contributed by atoms with Gasteiger partial charge in [0.25, 0.3) is 0 Å². The Labute approximate surface area is 116 Å². The molecule has 0 radical (unpaired) electrons. The van der Waals surface area contributed by atoms with Crippen molar-refractivity contribution in [1.29, 1.82) is 0 Å². The van der Waals surface area contributed by atoms with E-state index in [0.717, 1.165) is 30.6 Å². The highest BCUT2D eigenvalue weighted by atomic mass is 16.2. The predicted molar refractivity (Wildman–Crippen MR) is 79.7 cm³/mol. The summed E-state index contributed by atoms with van der Waals surface area (Å²) in [5.74, 6) is 0. The molecule has 1 fully saturated rings. The largest absolute Gasteiger partial charge is 0.322 e. The van der Waals surface area contributed by atoms with Crippen LogP contribution in [-0.2, 0) is 0 Å². The van der Waals surface area contributed by atoms with Gasteiger partial charge in [0.2, 0.25) is 0 Å². The molecule has 2 amide bonds. The Morgan fingerprint density at radius 3 is 2.53 bits per heavy atom. The van der Waals surface area contributed by atoms with Crippen molar-refractivity contribution in [3.8, 4) is 0 Å². The Morgan fingerprint density at radius 2 is 1.84 bits per heavy atom. The topological polar surface area (TPSA) is 32.3 Å². The molecule has 0 bridgehead atoms. The molecule has 104 valence electrons. The lowest BCUT2D eigenvalue weighted by Gasteiger charge is -2.33. The second-order valence-electron chi connectivity index (χ2n) is 5.72. The summed E-state index contributed by atoms with van der Waals surface area (Å²) in [5.41, 5.74) is 4.54. The molecule has 1 unspecified atom stereocenters. The molecule has 19 heavy (non-hydrogen) atoms. The Kier molecular flexibility index (Phi) is 4.13. The zero-order valence-electron chi connectivity index (χ0n) is 12.4. The lowest BCUT2D eigenvalue weighted by molar-refractivity contribution is 0.170. The van der Waals surface area contributed by atoms with Crippen LogP contribution in [0.2, 0.25) is 0 Å². The van der Waals surface area contributed by atoms with Crippen molar-refractivity contribution in [1.82, 2.24) is 4.90 Å². The number of nitrogens with one attached hydrogen (secondary N) is 1. The van der Waals surface area contributed by atoms with Crippen LogP contribution < -0.4 is 5.32 Å². The number of amides is 2. The minimum atomic E-state index is 0.0403. The molecule has 1 aliphatic rings. The van der Waals surface area contributed by atoms with Gasteiger partial charge in [-0.3, -0.25) is 0 Å². The van der Waals surface area contributed by atoms with E-state index >= 15 is 0 Å². The van der Waals surface area contributed by atoms with Gasteiger partial charge < -0.3 is 10.2 Å². The first-order chi connectivity index (χ1) is 8.99. The summed E-state index contributed by atoms with van der Waals surface area (Å²) in [6.45, 7) is 9.22. The van der Waals surface area contributed by atoms with E-state index in [-0.39, 0.29) is 6.03 Å². The van der Waals surface area contributed by atoms with Crippen LogP contribution in [0.5, 0.6) is 0 Å². The highest BCUT2D eigenvalue weighted by Gasteiger charge is 2.23. The fourth-order valence-electron chi connectivity index (χ4n) is 2.68. The van der Waals surface area contributed by atoms with Crippen molar-refractivity contribution < 1.29 is 4.79 Å². The van der Waals surface area contributed by atoms with Crippen molar-refractivity contribution in [2.45, 2.75) is 53.0 Å². The number of carbonyl (C=O) groups excluding carboxylic acids is 1. The molecule has 2 rings (SSSR count). The van der Waals surface area contributed by atoms with Gasteiger partial charge in [0.1, 0.15) is 0 Å². The van der Waals surface area contributed by atoms with Gasteiger partial charge in [0.05, 0.1) is 0 Å². The predicted octanol–water partition coefficient (Wildman–Crippen LogP) is 4.02. The molecule has 1 aliphatic heterocycles. The van der Waals surface area contributed by atoms with E-state index in [1.165, 1.54) is 17.5 Å². The van der Waals surface area contributed by atoms with Crippen LogP contribution in [0.4, 0.5) is 10.5 Å². The highest BCUT2D eigenvalue weighted by Crippen LogP contribution is 2.22. The van der Waals surface area contributed by atoms with Crippen LogP contribution in [0.25, 0.3) is 0 Å². The minimum absolute atomic E-state index is 0.0403. The molecule has 1 aromatic rings. The van der Waals surface area contributed by atoms with Gasteiger partial charge in [-0.25, -0.2) is 4.79 Å². The van der Waals surface area contributed by atoms with Gasteiger partial charge in [0, 0.05) is 18.3 Å². The number of rotatable bonds is 1. The first kappa shape index (κ1) is 13.9. The maximum absolute atomic E-state index is 12.3. The maximum Gasteiger partial charge on any atom is 0.322 e. The average Bonchev–Trinajstić information content (AvgIpc) is 2.36. The Balaban J connectivity index is 2.12. The number of hydrogen-bond donors (Lipinski definition) is 1. The molecule has 0 aromatic heterocycles. The molecule has 0 spiro atoms. The average molecular weight is 260 g/mol. The number of hydrogen-bond acceptors (Lipinski definition) is 1. The molecule has 0 saturated carbocycles. The number of urea groups is 1. The second kappa shape index (κ2) is 5.64. The maximum atomic E-state index is 12.3. The first-order valence-corrected chi connectivity index (χ1v) is 7.14. The van der Waals surface area contributed by atoms with Gasteiger partial charge in [-0.05, 0) is 69.7 Å². The number of carbonyl (C=O) groups is 1. The Bertz CT molecular complexity index is 482. The number of anilines is 1. The van der Waals surface area contributed by atoms with E-state index in [0.29, 0.717) is 6.04 Å². The molecule has 3 nitrogen and oxygen atoms in total. The fourth-order valence-corrected chi connectivity index (χ4v) is 2.68. The number of nitrogens with zero attached hydrogens (tertiary/aromatic N) is 1. The van der Waals surface area contributed by atoms with E-state index in [2.05, 4.69) is 38.2 Å². The molecule has 1 N–H and O–H groups in total. The second-order valence-corrected chi connectivity index (χ2v) is 5.72. The SMILES string of the molecule is Cc1cc(C)c(NC(=O)N2CCCCC2C)cc1C. The molecule has 1 aromatic carbocycles. The third kappa shape index (κ3) is 3.09. The monoisotopic (exact) mass is 260 g/mol. The molecule has 1 atom stereocenters. The summed E-state index contributed by atoms with van der Waals surface area (Å²) in [5, 5.41) is 3.07. The Hall–Kier alpha value is -1.51. The van der Waals surface area contributed by atoms with Crippen LogP contribution in [0.15, 0.2) is 12.1 Å². The van der Waals surface area contributed by atoms with Crippen LogP contribution >= 0.6 is 0 Å². The van der Waals surface area contributed by atoms with Gasteiger partial charge >= 0.3 is 6.03 Å². The van der Waals surface area contributed by atoms with Gasteiger partial charge in [0.15, 0.2) is 0 Å².